The van der Waals surface area contributed by atoms with Crippen LogP contribution in [0.1, 0.15) is 43.8 Å². The molecule has 7 aromatic rings. The number of halogens is 7. The van der Waals surface area contributed by atoms with Crippen LogP contribution >= 0.6 is 11.6 Å². The number of methoxy groups -OCH3 is 1. The van der Waals surface area contributed by atoms with E-state index in [2.05, 4.69) is 20.4 Å². The van der Waals surface area contributed by atoms with Crippen LogP contribution in [0.5, 0.6) is 5.75 Å². The lowest BCUT2D eigenvalue weighted by Crippen LogP contribution is -2.39. The number of fused-ring (bicyclic) bond motifs is 2. The predicted octanol–water partition coefficient (Wildman–Crippen LogP) is 9.21. The number of carbonyl (C=O) groups is 1. The molecule has 0 aliphatic rings. The second-order valence-corrected chi connectivity index (χ2v) is 18.2. The number of nitrogens with one attached hydrogen (secondary N) is 1. The van der Waals surface area contributed by atoms with Gasteiger partial charge in [0.05, 0.1) is 58.6 Å². The third-order valence-corrected chi connectivity index (χ3v) is 11.2. The van der Waals surface area contributed by atoms with E-state index < -0.39 is 93.6 Å². The largest absolute Gasteiger partial charge is 0.497 e. The van der Waals surface area contributed by atoms with E-state index in [0.29, 0.717) is 22.1 Å². The van der Waals surface area contributed by atoms with Gasteiger partial charge in [-0.15, -0.1) is 0 Å². The Labute approximate surface area is 372 Å². The zero-order valence-electron chi connectivity index (χ0n) is 35.0. The minimum Gasteiger partial charge on any atom is -0.497 e. The molecule has 0 fully saturated rings. The summed E-state index contributed by atoms with van der Waals surface area (Å²) in [6.07, 6.45) is -5.77. The van der Waals surface area contributed by atoms with Crippen LogP contribution in [0, 0.1) is 17.5 Å². The maximum absolute atomic E-state index is 15.1. The van der Waals surface area contributed by atoms with Gasteiger partial charge in [0.25, 0.3) is 5.56 Å². The first-order chi connectivity index (χ1) is 30.5. The number of rotatable bonds is 12. The number of ether oxygens (including phenoxy) is 2. The van der Waals surface area contributed by atoms with Gasteiger partial charge in [-0.3, -0.25) is 14.0 Å². The van der Waals surface area contributed by atoms with E-state index in [1.165, 1.54) is 49.6 Å². The first-order valence-electron chi connectivity index (χ1n) is 19.5. The maximum atomic E-state index is 15.1. The fourth-order valence-corrected chi connectivity index (χ4v) is 8.18. The van der Waals surface area contributed by atoms with E-state index in [0.717, 1.165) is 27.3 Å². The molecule has 0 aliphatic heterocycles. The minimum absolute atomic E-state index is 0.0219. The molecule has 13 nitrogen and oxygen atoms in total. The first-order valence-corrected chi connectivity index (χ1v) is 21.7. The number of pyridine rings is 1. The van der Waals surface area contributed by atoms with Gasteiger partial charge in [0.1, 0.15) is 41.2 Å². The second kappa shape index (κ2) is 17.7. The van der Waals surface area contributed by atoms with Crippen molar-refractivity contribution in [1.82, 2.24) is 29.6 Å². The number of alkyl carbamates (subject to hydrolysis) is 1. The Hall–Kier alpha value is -6.67. The molecule has 7 rings (SSSR count). The highest BCUT2D eigenvalue weighted by Crippen LogP contribution is 2.40. The van der Waals surface area contributed by atoms with Gasteiger partial charge in [-0.25, -0.2) is 40.7 Å². The minimum atomic E-state index is -4.99. The third kappa shape index (κ3) is 10.3. The summed E-state index contributed by atoms with van der Waals surface area (Å²) in [6, 6.07) is 17.7. The van der Waals surface area contributed by atoms with Gasteiger partial charge in [0, 0.05) is 18.1 Å². The van der Waals surface area contributed by atoms with E-state index in [1.54, 1.807) is 51.1 Å². The summed E-state index contributed by atoms with van der Waals surface area (Å²) in [5.41, 5.74) is -2.95. The van der Waals surface area contributed by atoms with Crippen molar-refractivity contribution in [2.75, 3.05) is 17.7 Å². The van der Waals surface area contributed by atoms with Crippen molar-refractivity contribution in [3.05, 3.63) is 141 Å². The van der Waals surface area contributed by atoms with Crippen LogP contribution in [0.4, 0.5) is 37.0 Å². The topological polar surface area (TPSA) is 151 Å². The second-order valence-electron chi connectivity index (χ2n) is 15.8. The molecule has 1 amide bonds. The highest BCUT2D eigenvalue weighted by Gasteiger charge is 2.35. The number of sulfonamides is 1. The summed E-state index contributed by atoms with van der Waals surface area (Å²) >= 11 is 6.77. The van der Waals surface area contributed by atoms with Crippen LogP contribution in [0.3, 0.4) is 0 Å². The Kier molecular flexibility index (Phi) is 12.6. The molecule has 21 heteroatoms. The molecule has 1 N–H and O–H groups in total. The van der Waals surface area contributed by atoms with Crippen LogP contribution in [-0.4, -0.2) is 64.0 Å². The molecule has 65 heavy (non-hydrogen) atoms. The quantitative estimate of drug-likeness (QED) is 0.118. The third-order valence-electron chi connectivity index (χ3n) is 9.77. The van der Waals surface area contributed by atoms with E-state index >= 15 is 9.18 Å². The number of alkyl halides is 3. The molecule has 0 aliphatic carbocycles. The summed E-state index contributed by atoms with van der Waals surface area (Å²) in [4.78, 5) is 37.8. The van der Waals surface area contributed by atoms with Crippen molar-refractivity contribution in [1.29, 1.82) is 0 Å². The lowest BCUT2D eigenvalue weighted by Gasteiger charge is -2.26. The molecule has 0 saturated carbocycles. The highest BCUT2D eigenvalue weighted by molar-refractivity contribution is 7.92. The number of hydrogen-bond acceptors (Lipinski definition) is 9. The summed E-state index contributed by atoms with van der Waals surface area (Å²) in [6.45, 7) is 2.41. The molecule has 3 aromatic heterocycles. The molecular weight excluding hydrogens is 904 g/mol. The number of hydrogen-bond donors (Lipinski definition) is 1. The average Bonchev–Trinajstić information content (AvgIpc) is 3.56. The van der Waals surface area contributed by atoms with Crippen LogP contribution in [-0.2, 0) is 34.3 Å². The van der Waals surface area contributed by atoms with Gasteiger partial charge in [0.15, 0.2) is 11.5 Å². The molecule has 0 unspecified atom stereocenters. The van der Waals surface area contributed by atoms with Crippen molar-refractivity contribution in [3.63, 3.8) is 0 Å². The van der Waals surface area contributed by atoms with E-state index in [9.17, 15) is 35.2 Å². The van der Waals surface area contributed by atoms with Gasteiger partial charge in [-0.2, -0.15) is 18.3 Å². The maximum Gasteiger partial charge on any atom is 0.408 e. The van der Waals surface area contributed by atoms with Crippen molar-refractivity contribution in [3.8, 4) is 22.7 Å². The average molecular weight is 942 g/mol. The zero-order valence-corrected chi connectivity index (χ0v) is 36.6. The molecule has 0 spiro atoms. The van der Waals surface area contributed by atoms with Gasteiger partial charge in [0.2, 0.25) is 10.0 Å². The Morgan fingerprint density at radius 3 is 2.20 bits per heavy atom. The highest BCUT2D eigenvalue weighted by atomic mass is 35.5. The first kappa shape index (κ1) is 46.3. The van der Waals surface area contributed by atoms with Crippen LogP contribution < -0.4 is 19.9 Å². The smallest absolute Gasteiger partial charge is 0.408 e. The normalized spacial score (nSPS) is 12.7. The summed E-state index contributed by atoms with van der Waals surface area (Å²) in [5.74, 6) is -3.21. The lowest BCUT2D eigenvalue weighted by atomic mass is 10.0. The molecule has 1 atom stereocenters. The van der Waals surface area contributed by atoms with Gasteiger partial charge in [-0.1, -0.05) is 35.9 Å². The van der Waals surface area contributed by atoms with E-state index in [1.807, 2.05) is 0 Å². The Bertz CT molecular complexity index is 3120. The van der Waals surface area contributed by atoms with Crippen LogP contribution in [0.2, 0.25) is 5.02 Å². The van der Waals surface area contributed by atoms with Crippen molar-refractivity contribution in [2.24, 2.45) is 0 Å². The lowest BCUT2D eigenvalue weighted by molar-refractivity contribution is -0.141. The van der Waals surface area contributed by atoms with Gasteiger partial charge in [-0.05, 0) is 92.6 Å². The monoisotopic (exact) mass is 941 g/mol. The van der Waals surface area contributed by atoms with Crippen molar-refractivity contribution >= 4 is 55.5 Å². The molecule has 4 aromatic carbocycles. The van der Waals surface area contributed by atoms with Gasteiger partial charge < -0.3 is 14.8 Å². The van der Waals surface area contributed by atoms with E-state index in [4.69, 9.17) is 21.1 Å². The SMILES string of the molecule is COc1ccc(CN(c2nn(CC(F)(F)F)c3c(-n4c([C@H](Cc5cc(F)cc(F)c5)NC(=O)OC(C)(C)C)nc5nc(-c6ccccc6F)ccc5c4=O)ccc(Cl)c23)S(C)(=O)=O)cc1. The fourth-order valence-electron chi connectivity index (χ4n) is 7.12. The van der Waals surface area contributed by atoms with Gasteiger partial charge >= 0.3 is 12.3 Å². The summed E-state index contributed by atoms with van der Waals surface area (Å²) < 4.78 is 128. The number of amides is 1. The molecular formula is C44H38ClF6N7O6S. The number of benzene rings is 4. The fraction of sp³-hybridized carbons (Fsp3) is 0.250. The Morgan fingerprint density at radius 1 is 0.908 bits per heavy atom. The Balaban J connectivity index is 1.57. The standard InChI is InChI=1S/C44H38ClF6N7O6S/c1-43(2,3)64-42(60)53-34(20-25-18-26(46)21-27(47)19-25)39-54-38-30(14-16-33(52-38)29-8-6-7-9-32(29)48)41(59)58(39)35-17-15-31(45)36-37(35)56(23-44(49,50)51)55-40(36)57(65(5,61)62)22-24-10-12-28(63-4)13-11-24/h6-19,21,34H,20,22-23H2,1-5H3,(H,53,60)/t34-/m0/s1. The van der Waals surface area contributed by atoms with Crippen LogP contribution in [0.15, 0.2) is 95.8 Å². The number of nitrogens with zero attached hydrogens (tertiary/aromatic N) is 6. The van der Waals surface area contributed by atoms with Crippen LogP contribution in [0.25, 0.3) is 38.9 Å². The molecule has 0 saturated heterocycles. The molecule has 340 valence electrons. The molecule has 0 bridgehead atoms. The zero-order chi connectivity index (χ0) is 47.2. The molecule has 3 heterocycles. The number of anilines is 1. The number of carbonyl (C=O) groups excluding carboxylic acids is 1. The van der Waals surface area contributed by atoms with E-state index in [-0.39, 0.29) is 44.0 Å². The Morgan fingerprint density at radius 2 is 1.58 bits per heavy atom. The van der Waals surface area contributed by atoms with Crippen molar-refractivity contribution in [2.45, 2.75) is 58.1 Å². The molecule has 0 radical (unpaired) electrons. The predicted molar refractivity (Wildman–Crippen MR) is 231 cm³/mol. The number of aromatic nitrogens is 5. The summed E-state index contributed by atoms with van der Waals surface area (Å²) in [5, 5.41) is 5.93. The van der Waals surface area contributed by atoms with Crippen molar-refractivity contribution < 1.29 is 49.0 Å². The summed E-state index contributed by atoms with van der Waals surface area (Å²) in [7, 11) is -2.93.